The molecule has 0 saturated carbocycles. The Morgan fingerprint density at radius 1 is 1.41 bits per heavy atom. The van der Waals surface area contributed by atoms with E-state index in [1.165, 1.54) is 0 Å². The summed E-state index contributed by atoms with van der Waals surface area (Å²) in [6, 6.07) is 7.93. The summed E-state index contributed by atoms with van der Waals surface area (Å²) in [5.74, 6) is 1.71. The molecule has 0 bridgehead atoms. The van der Waals surface area contributed by atoms with Crippen LogP contribution in [0.4, 0.5) is 0 Å². The number of hydrogen-bond acceptors (Lipinski definition) is 3. The van der Waals surface area contributed by atoms with Crippen LogP contribution in [0.2, 0.25) is 0 Å². The zero-order valence-corrected chi connectivity index (χ0v) is 14.1. The Kier molecular flexibility index (Phi) is 7.00. The number of piperidine rings is 1. The lowest BCUT2D eigenvalue weighted by atomic mass is 9.97. The fourth-order valence-corrected chi connectivity index (χ4v) is 3.51. The minimum Gasteiger partial charge on any atom is -0.377 e. The quantitative estimate of drug-likeness (QED) is 0.434. The highest BCUT2D eigenvalue weighted by Crippen LogP contribution is 2.25. The first-order valence-corrected chi connectivity index (χ1v) is 8.94. The minimum absolute atomic E-state index is 0.169. The molecule has 0 spiro atoms. The van der Waals surface area contributed by atoms with Crippen molar-refractivity contribution in [2.45, 2.75) is 24.7 Å². The molecule has 1 aliphatic heterocycles. The molecule has 1 aliphatic rings. The van der Waals surface area contributed by atoms with Crippen molar-refractivity contribution in [1.29, 1.82) is 0 Å². The Labute approximate surface area is 137 Å². The number of nitrogens with zero attached hydrogens (tertiary/aromatic N) is 1. The third-order valence-electron chi connectivity index (χ3n) is 3.91. The Morgan fingerprint density at radius 3 is 2.82 bits per heavy atom. The number of benzene rings is 1. The van der Waals surface area contributed by atoms with Gasteiger partial charge in [0.25, 0.3) is 5.91 Å². The van der Waals surface area contributed by atoms with Crippen molar-refractivity contribution in [1.82, 2.24) is 4.90 Å². The molecular weight excluding hydrogens is 294 g/mol. The second-order valence-electron chi connectivity index (χ2n) is 5.49. The van der Waals surface area contributed by atoms with E-state index in [0.29, 0.717) is 12.5 Å². The van der Waals surface area contributed by atoms with Crippen molar-refractivity contribution < 1.29 is 9.53 Å². The molecule has 4 heteroatoms. The van der Waals surface area contributed by atoms with Gasteiger partial charge in [-0.15, -0.1) is 18.3 Å². The summed E-state index contributed by atoms with van der Waals surface area (Å²) in [5, 5.41) is 0. The summed E-state index contributed by atoms with van der Waals surface area (Å²) in [4.78, 5) is 15.8. The summed E-state index contributed by atoms with van der Waals surface area (Å²) >= 11 is 1.73. The number of thioether (sulfide) groups is 1. The average molecular weight is 319 g/mol. The fraction of sp³-hybridized carbons (Fsp3) is 0.500. The smallest absolute Gasteiger partial charge is 0.254 e. The van der Waals surface area contributed by atoms with E-state index in [9.17, 15) is 4.79 Å². The summed E-state index contributed by atoms with van der Waals surface area (Å²) < 4.78 is 5.53. The first-order valence-electron chi connectivity index (χ1n) is 7.96. The number of carbonyl (C=O) groups is 1. The predicted octanol–water partition coefficient (Wildman–Crippen LogP) is 3.85. The first-order chi connectivity index (χ1) is 10.8. The lowest BCUT2D eigenvalue weighted by Gasteiger charge is -2.32. The van der Waals surface area contributed by atoms with Crippen LogP contribution < -0.4 is 0 Å². The Balaban J connectivity index is 1.91. The van der Waals surface area contributed by atoms with Crippen molar-refractivity contribution in [2.24, 2.45) is 5.92 Å². The molecule has 1 aromatic rings. The molecule has 0 aliphatic carbocycles. The molecule has 1 fully saturated rings. The minimum atomic E-state index is 0.169. The van der Waals surface area contributed by atoms with Gasteiger partial charge in [0.2, 0.25) is 0 Å². The highest BCUT2D eigenvalue weighted by atomic mass is 32.2. The Bertz CT molecular complexity index is 496. The monoisotopic (exact) mass is 319 g/mol. The number of rotatable bonds is 7. The lowest BCUT2D eigenvalue weighted by Crippen LogP contribution is -2.39. The summed E-state index contributed by atoms with van der Waals surface area (Å²) in [7, 11) is 0. The molecule has 1 saturated heterocycles. The van der Waals surface area contributed by atoms with Gasteiger partial charge in [0.15, 0.2) is 0 Å². The number of carbonyl (C=O) groups excluding carboxylic acids is 1. The molecule has 2 rings (SSSR count). The molecule has 1 aromatic carbocycles. The van der Waals surface area contributed by atoms with Crippen LogP contribution in [0, 0.1) is 5.92 Å². The van der Waals surface area contributed by atoms with Gasteiger partial charge in [0.05, 0.1) is 12.2 Å². The van der Waals surface area contributed by atoms with Gasteiger partial charge in [-0.25, -0.2) is 0 Å². The molecule has 1 amide bonds. The van der Waals surface area contributed by atoms with Crippen molar-refractivity contribution in [3.8, 4) is 0 Å². The standard InChI is InChI=1S/C18H25NO2S/c1-3-13-21-14-15-9-11-19(12-10-15)18(20)16-7-5-6-8-17(16)22-4-2/h3,5-8,15H,1,4,9-14H2,2H3. The highest BCUT2D eigenvalue weighted by Gasteiger charge is 2.24. The molecule has 0 N–H and O–H groups in total. The summed E-state index contributed by atoms with van der Waals surface area (Å²) in [5.41, 5.74) is 0.843. The lowest BCUT2D eigenvalue weighted by molar-refractivity contribution is 0.0573. The molecule has 3 nitrogen and oxygen atoms in total. The molecule has 0 atom stereocenters. The van der Waals surface area contributed by atoms with E-state index < -0.39 is 0 Å². The van der Waals surface area contributed by atoms with E-state index in [4.69, 9.17) is 4.74 Å². The van der Waals surface area contributed by atoms with Crippen LogP contribution in [0.15, 0.2) is 41.8 Å². The van der Waals surface area contributed by atoms with E-state index in [-0.39, 0.29) is 5.91 Å². The van der Waals surface area contributed by atoms with Crippen molar-refractivity contribution >= 4 is 17.7 Å². The number of hydrogen-bond donors (Lipinski definition) is 0. The van der Waals surface area contributed by atoms with Crippen LogP contribution in [-0.2, 0) is 4.74 Å². The van der Waals surface area contributed by atoms with Gasteiger partial charge in [0.1, 0.15) is 0 Å². The van der Waals surface area contributed by atoms with Crippen LogP contribution in [0.3, 0.4) is 0 Å². The average Bonchev–Trinajstić information content (AvgIpc) is 2.56. The van der Waals surface area contributed by atoms with Gasteiger partial charge in [-0.1, -0.05) is 25.1 Å². The first kappa shape index (κ1) is 17.1. The van der Waals surface area contributed by atoms with Gasteiger partial charge >= 0.3 is 0 Å². The molecule has 0 radical (unpaired) electrons. The number of likely N-dealkylation sites (tertiary alicyclic amines) is 1. The molecular formula is C18H25NO2S. The second kappa shape index (κ2) is 9.01. The van der Waals surface area contributed by atoms with Crippen LogP contribution in [0.25, 0.3) is 0 Å². The largest absolute Gasteiger partial charge is 0.377 e. The van der Waals surface area contributed by atoms with Gasteiger partial charge in [-0.2, -0.15) is 0 Å². The Morgan fingerprint density at radius 2 is 2.14 bits per heavy atom. The van der Waals surface area contributed by atoms with E-state index in [1.54, 1.807) is 17.8 Å². The van der Waals surface area contributed by atoms with E-state index in [0.717, 1.165) is 48.7 Å². The van der Waals surface area contributed by atoms with E-state index in [1.807, 2.05) is 29.2 Å². The highest BCUT2D eigenvalue weighted by molar-refractivity contribution is 7.99. The van der Waals surface area contributed by atoms with E-state index >= 15 is 0 Å². The maximum Gasteiger partial charge on any atom is 0.254 e. The maximum absolute atomic E-state index is 12.7. The van der Waals surface area contributed by atoms with Crippen molar-refractivity contribution in [3.63, 3.8) is 0 Å². The molecule has 120 valence electrons. The summed E-state index contributed by atoms with van der Waals surface area (Å²) in [6.45, 7) is 8.80. The molecule has 22 heavy (non-hydrogen) atoms. The zero-order valence-electron chi connectivity index (χ0n) is 13.3. The molecule has 1 heterocycles. The third-order valence-corrected chi connectivity index (χ3v) is 4.86. The molecule has 0 aromatic heterocycles. The molecule has 0 unspecified atom stereocenters. The Hall–Kier alpha value is -1.26. The van der Waals surface area contributed by atoms with Gasteiger partial charge in [-0.05, 0) is 36.6 Å². The van der Waals surface area contributed by atoms with Gasteiger partial charge in [-0.3, -0.25) is 4.79 Å². The second-order valence-corrected chi connectivity index (χ2v) is 6.80. The summed E-state index contributed by atoms with van der Waals surface area (Å²) in [6.07, 6.45) is 3.82. The van der Waals surface area contributed by atoms with Gasteiger partial charge in [0, 0.05) is 24.6 Å². The maximum atomic E-state index is 12.7. The van der Waals surface area contributed by atoms with Crippen LogP contribution >= 0.6 is 11.8 Å². The fourth-order valence-electron chi connectivity index (χ4n) is 2.72. The van der Waals surface area contributed by atoms with Gasteiger partial charge < -0.3 is 9.64 Å². The zero-order chi connectivity index (χ0) is 15.8. The van der Waals surface area contributed by atoms with Crippen molar-refractivity contribution in [2.75, 3.05) is 32.1 Å². The normalized spacial score (nSPS) is 15.8. The number of amides is 1. The van der Waals surface area contributed by atoms with E-state index in [2.05, 4.69) is 13.5 Å². The van der Waals surface area contributed by atoms with Crippen LogP contribution in [0.1, 0.15) is 30.1 Å². The predicted molar refractivity (Wildman–Crippen MR) is 92.5 cm³/mol. The third kappa shape index (κ3) is 4.62. The van der Waals surface area contributed by atoms with Crippen molar-refractivity contribution in [3.05, 3.63) is 42.5 Å². The topological polar surface area (TPSA) is 29.5 Å². The SMILES string of the molecule is C=CCOCC1CCN(C(=O)c2ccccc2SCC)CC1. The van der Waals surface area contributed by atoms with Crippen LogP contribution in [-0.4, -0.2) is 42.9 Å². The van der Waals surface area contributed by atoms with Crippen LogP contribution in [0.5, 0.6) is 0 Å². The number of ether oxygens (including phenoxy) is 1.